The van der Waals surface area contributed by atoms with E-state index in [9.17, 15) is 22.8 Å². The first kappa shape index (κ1) is 26.0. The minimum absolute atomic E-state index is 0.0577. The first-order chi connectivity index (χ1) is 15.5. The predicted molar refractivity (Wildman–Crippen MR) is 124 cm³/mol. The number of esters is 1. The first-order valence-electron chi connectivity index (χ1n) is 10.4. The van der Waals surface area contributed by atoms with Gasteiger partial charge < -0.3 is 15.4 Å². The van der Waals surface area contributed by atoms with Crippen molar-refractivity contribution < 1.29 is 27.5 Å². The standard InChI is InChI=1S/C23H29N3O6S/c1-15(2)13-20(26-33(30,31)19-11-5-16(3)6-12-19)23(29)25-18-9-7-17(8-10-18)22(28)24-14-21(27)32-4/h5-12,15,20,26H,13-14H2,1-4H3,(H,24,28)(H,25,29). The smallest absolute Gasteiger partial charge is 0.325 e. The quantitative estimate of drug-likeness (QED) is 0.452. The van der Waals surface area contributed by atoms with Crippen molar-refractivity contribution in [2.45, 2.75) is 38.1 Å². The van der Waals surface area contributed by atoms with Crippen LogP contribution in [0, 0.1) is 12.8 Å². The second kappa shape index (κ2) is 11.6. The number of hydrogen-bond acceptors (Lipinski definition) is 6. The lowest BCUT2D eigenvalue weighted by Crippen LogP contribution is -2.44. The average molecular weight is 476 g/mol. The molecule has 0 bridgehead atoms. The number of nitrogens with one attached hydrogen (secondary N) is 3. The maximum Gasteiger partial charge on any atom is 0.325 e. The number of amides is 2. The molecule has 0 saturated heterocycles. The van der Waals surface area contributed by atoms with E-state index < -0.39 is 33.8 Å². The van der Waals surface area contributed by atoms with Crippen LogP contribution in [0.15, 0.2) is 53.4 Å². The molecule has 0 aliphatic heterocycles. The molecule has 0 aliphatic carbocycles. The highest BCUT2D eigenvalue weighted by atomic mass is 32.2. The molecule has 33 heavy (non-hydrogen) atoms. The first-order valence-corrected chi connectivity index (χ1v) is 11.8. The Balaban J connectivity index is 2.09. The lowest BCUT2D eigenvalue weighted by molar-refractivity contribution is -0.139. The summed E-state index contributed by atoms with van der Waals surface area (Å²) >= 11 is 0. The van der Waals surface area contributed by atoms with Crippen molar-refractivity contribution in [1.29, 1.82) is 0 Å². The minimum atomic E-state index is -3.89. The van der Waals surface area contributed by atoms with Gasteiger partial charge in [0, 0.05) is 11.3 Å². The molecule has 2 aromatic rings. The molecule has 10 heteroatoms. The van der Waals surface area contributed by atoms with Gasteiger partial charge in [0.05, 0.1) is 12.0 Å². The van der Waals surface area contributed by atoms with Crippen molar-refractivity contribution in [3.8, 4) is 0 Å². The molecule has 0 heterocycles. The van der Waals surface area contributed by atoms with Gasteiger partial charge in [0.25, 0.3) is 5.91 Å². The Morgan fingerprint density at radius 2 is 1.58 bits per heavy atom. The van der Waals surface area contributed by atoms with Crippen LogP contribution < -0.4 is 15.4 Å². The van der Waals surface area contributed by atoms with Crippen molar-refractivity contribution in [1.82, 2.24) is 10.0 Å². The number of ether oxygens (including phenoxy) is 1. The molecule has 0 radical (unpaired) electrons. The van der Waals surface area contributed by atoms with Crippen LogP contribution in [0.4, 0.5) is 5.69 Å². The molecule has 0 fully saturated rings. The van der Waals surface area contributed by atoms with Gasteiger partial charge in [-0.05, 0) is 55.7 Å². The summed E-state index contributed by atoms with van der Waals surface area (Å²) in [4.78, 5) is 36.1. The SMILES string of the molecule is COC(=O)CNC(=O)c1ccc(NC(=O)C(CC(C)C)NS(=O)(=O)c2ccc(C)cc2)cc1. The molecule has 178 valence electrons. The Morgan fingerprint density at radius 3 is 2.12 bits per heavy atom. The zero-order valence-corrected chi connectivity index (χ0v) is 19.9. The van der Waals surface area contributed by atoms with Crippen LogP contribution in [0.2, 0.25) is 0 Å². The van der Waals surface area contributed by atoms with Gasteiger partial charge in [-0.1, -0.05) is 31.5 Å². The Morgan fingerprint density at radius 1 is 0.970 bits per heavy atom. The monoisotopic (exact) mass is 475 g/mol. The highest BCUT2D eigenvalue weighted by Crippen LogP contribution is 2.16. The third-order valence-corrected chi connectivity index (χ3v) is 6.18. The molecule has 1 atom stereocenters. The van der Waals surface area contributed by atoms with Gasteiger partial charge in [-0.25, -0.2) is 8.42 Å². The number of methoxy groups -OCH3 is 1. The maximum atomic E-state index is 12.9. The Labute approximate surface area is 194 Å². The summed E-state index contributed by atoms with van der Waals surface area (Å²) in [6.07, 6.45) is 0.297. The highest BCUT2D eigenvalue weighted by molar-refractivity contribution is 7.89. The Hall–Kier alpha value is -3.24. The number of rotatable bonds is 10. The van der Waals surface area contributed by atoms with Gasteiger partial charge in [-0.3, -0.25) is 14.4 Å². The number of anilines is 1. The van der Waals surface area contributed by atoms with Crippen molar-refractivity contribution in [2.75, 3.05) is 19.0 Å². The molecule has 0 saturated carbocycles. The molecule has 1 unspecified atom stereocenters. The summed E-state index contributed by atoms with van der Waals surface area (Å²) in [6.45, 7) is 5.38. The van der Waals surface area contributed by atoms with E-state index in [1.807, 2.05) is 20.8 Å². The van der Waals surface area contributed by atoms with Gasteiger partial charge in [0.15, 0.2) is 0 Å². The molecular weight excluding hydrogens is 446 g/mol. The second-order valence-electron chi connectivity index (χ2n) is 7.94. The highest BCUT2D eigenvalue weighted by Gasteiger charge is 2.26. The Kier molecular flexibility index (Phi) is 9.12. The second-order valence-corrected chi connectivity index (χ2v) is 9.66. The van der Waals surface area contributed by atoms with E-state index in [2.05, 4.69) is 20.1 Å². The van der Waals surface area contributed by atoms with E-state index in [1.165, 1.54) is 43.5 Å². The van der Waals surface area contributed by atoms with E-state index >= 15 is 0 Å². The summed E-state index contributed by atoms with van der Waals surface area (Å²) in [7, 11) is -2.67. The minimum Gasteiger partial charge on any atom is -0.468 e. The molecule has 0 aliphatic rings. The lowest BCUT2D eigenvalue weighted by atomic mass is 10.0. The van der Waals surface area contributed by atoms with Gasteiger partial charge in [0.1, 0.15) is 12.6 Å². The largest absolute Gasteiger partial charge is 0.468 e. The molecular formula is C23H29N3O6S. The molecule has 2 amide bonds. The van der Waals surface area contributed by atoms with E-state index in [4.69, 9.17) is 0 Å². The van der Waals surface area contributed by atoms with Crippen LogP contribution in [0.5, 0.6) is 0 Å². The van der Waals surface area contributed by atoms with Crippen molar-refractivity contribution >= 4 is 33.5 Å². The van der Waals surface area contributed by atoms with E-state index in [0.717, 1.165) is 5.56 Å². The summed E-state index contributed by atoms with van der Waals surface area (Å²) in [5.74, 6) is -1.50. The van der Waals surface area contributed by atoms with Crippen molar-refractivity contribution in [3.05, 3.63) is 59.7 Å². The van der Waals surface area contributed by atoms with Crippen molar-refractivity contribution in [3.63, 3.8) is 0 Å². The number of benzene rings is 2. The van der Waals surface area contributed by atoms with Crippen LogP contribution in [-0.2, 0) is 24.3 Å². The molecule has 3 N–H and O–H groups in total. The van der Waals surface area contributed by atoms with E-state index in [0.29, 0.717) is 12.1 Å². The fourth-order valence-electron chi connectivity index (χ4n) is 2.91. The van der Waals surface area contributed by atoms with Crippen LogP contribution >= 0.6 is 0 Å². The zero-order chi connectivity index (χ0) is 24.6. The topological polar surface area (TPSA) is 131 Å². The van der Waals surface area contributed by atoms with Crippen LogP contribution in [0.1, 0.15) is 36.2 Å². The molecule has 9 nitrogen and oxygen atoms in total. The van der Waals surface area contributed by atoms with Gasteiger partial charge >= 0.3 is 5.97 Å². The van der Waals surface area contributed by atoms with E-state index in [-0.39, 0.29) is 22.9 Å². The lowest BCUT2D eigenvalue weighted by Gasteiger charge is -2.20. The third kappa shape index (κ3) is 7.99. The normalized spacial score (nSPS) is 12.2. The number of carbonyl (C=O) groups excluding carboxylic acids is 3. The van der Waals surface area contributed by atoms with Crippen LogP contribution in [-0.4, -0.2) is 45.9 Å². The summed E-state index contributed by atoms with van der Waals surface area (Å²) in [5, 5.41) is 5.10. The molecule has 0 spiro atoms. The summed E-state index contributed by atoms with van der Waals surface area (Å²) in [6, 6.07) is 11.4. The average Bonchev–Trinajstić information content (AvgIpc) is 2.77. The number of hydrogen-bond donors (Lipinski definition) is 3. The van der Waals surface area contributed by atoms with Crippen LogP contribution in [0.25, 0.3) is 0 Å². The fraction of sp³-hybridized carbons (Fsp3) is 0.348. The summed E-state index contributed by atoms with van der Waals surface area (Å²) < 4.78 is 32.5. The molecule has 2 rings (SSSR count). The number of carbonyl (C=O) groups is 3. The Bertz CT molecular complexity index is 1080. The third-order valence-electron chi connectivity index (χ3n) is 4.69. The van der Waals surface area contributed by atoms with Gasteiger partial charge in [0.2, 0.25) is 15.9 Å². The van der Waals surface area contributed by atoms with Gasteiger partial charge in [-0.15, -0.1) is 0 Å². The summed E-state index contributed by atoms with van der Waals surface area (Å²) in [5.41, 5.74) is 1.61. The zero-order valence-electron chi connectivity index (χ0n) is 19.0. The van der Waals surface area contributed by atoms with Crippen molar-refractivity contribution in [2.24, 2.45) is 5.92 Å². The fourth-order valence-corrected chi connectivity index (χ4v) is 4.12. The molecule has 0 aromatic heterocycles. The number of aryl methyl sites for hydroxylation is 1. The molecule has 2 aromatic carbocycles. The van der Waals surface area contributed by atoms with Gasteiger partial charge in [-0.2, -0.15) is 4.72 Å². The number of sulfonamides is 1. The predicted octanol–water partition coefficient (Wildman–Crippen LogP) is 2.23. The maximum absolute atomic E-state index is 12.9. The van der Waals surface area contributed by atoms with E-state index in [1.54, 1.807) is 12.1 Å². The van der Waals surface area contributed by atoms with Crippen LogP contribution in [0.3, 0.4) is 0 Å².